The van der Waals surface area contributed by atoms with Crippen LogP contribution in [0, 0.1) is 5.92 Å². The number of hydrogen-bond acceptors (Lipinski definition) is 3. The Labute approximate surface area is 101 Å². The number of rotatable bonds is 4. The molecule has 1 heterocycles. The second-order valence-electron chi connectivity index (χ2n) is 4.80. The summed E-state index contributed by atoms with van der Waals surface area (Å²) in [6, 6.07) is 4.23. The molecule has 1 aromatic rings. The van der Waals surface area contributed by atoms with Gasteiger partial charge in [-0.15, -0.1) is 0 Å². The number of carboxylic acid groups (broad SMARTS) is 1. The fourth-order valence-electron chi connectivity index (χ4n) is 2.54. The van der Waals surface area contributed by atoms with E-state index in [1.807, 2.05) is 19.1 Å². The quantitative estimate of drug-likeness (QED) is 0.844. The standard InChI is InChI=1S/C13H19NO3/c1-9(12-6-3-7-17-12)14-11-5-2-4-10(8-11)13(15)16/h3,6-7,9-11,14H,2,4-5,8H2,1H3,(H,15,16)/t9-,10?,11?/m1/s1. The minimum Gasteiger partial charge on any atom is -0.481 e. The summed E-state index contributed by atoms with van der Waals surface area (Å²) < 4.78 is 5.33. The molecule has 94 valence electrons. The van der Waals surface area contributed by atoms with Gasteiger partial charge in [-0.25, -0.2) is 0 Å². The first-order valence-corrected chi connectivity index (χ1v) is 6.19. The fraction of sp³-hybridized carbons (Fsp3) is 0.615. The van der Waals surface area contributed by atoms with Crippen molar-refractivity contribution in [2.24, 2.45) is 5.92 Å². The lowest BCUT2D eigenvalue weighted by atomic mass is 9.85. The van der Waals surface area contributed by atoms with Crippen molar-refractivity contribution in [3.63, 3.8) is 0 Å². The number of carbonyl (C=O) groups is 1. The zero-order valence-corrected chi connectivity index (χ0v) is 10.1. The molecule has 0 amide bonds. The lowest BCUT2D eigenvalue weighted by Gasteiger charge is -2.29. The van der Waals surface area contributed by atoms with Gasteiger partial charge in [0.2, 0.25) is 0 Å². The van der Waals surface area contributed by atoms with Gasteiger partial charge in [-0.05, 0) is 38.3 Å². The second-order valence-corrected chi connectivity index (χ2v) is 4.80. The van der Waals surface area contributed by atoms with Crippen molar-refractivity contribution < 1.29 is 14.3 Å². The van der Waals surface area contributed by atoms with Gasteiger partial charge in [-0.3, -0.25) is 4.79 Å². The summed E-state index contributed by atoms with van der Waals surface area (Å²) in [6.45, 7) is 2.04. The Morgan fingerprint density at radius 1 is 1.59 bits per heavy atom. The average Bonchev–Trinajstić information content (AvgIpc) is 2.82. The fourth-order valence-corrected chi connectivity index (χ4v) is 2.54. The van der Waals surface area contributed by atoms with E-state index in [1.54, 1.807) is 6.26 Å². The lowest BCUT2D eigenvalue weighted by Crippen LogP contribution is -2.37. The minimum absolute atomic E-state index is 0.141. The highest BCUT2D eigenvalue weighted by molar-refractivity contribution is 5.70. The highest BCUT2D eigenvalue weighted by Gasteiger charge is 2.27. The molecule has 0 spiro atoms. The van der Waals surface area contributed by atoms with Gasteiger partial charge in [0, 0.05) is 6.04 Å². The third-order valence-electron chi connectivity index (χ3n) is 3.48. The summed E-state index contributed by atoms with van der Waals surface area (Å²) in [6.07, 6.45) is 5.23. The van der Waals surface area contributed by atoms with Crippen LogP contribution < -0.4 is 5.32 Å². The van der Waals surface area contributed by atoms with Gasteiger partial charge < -0.3 is 14.8 Å². The SMILES string of the molecule is C[C@@H](NC1CCCC(C(=O)O)C1)c1ccco1. The van der Waals surface area contributed by atoms with E-state index in [0.29, 0.717) is 0 Å². The van der Waals surface area contributed by atoms with E-state index in [4.69, 9.17) is 9.52 Å². The molecular weight excluding hydrogens is 218 g/mol. The van der Waals surface area contributed by atoms with Crippen LogP contribution >= 0.6 is 0 Å². The van der Waals surface area contributed by atoms with Crippen LogP contribution in [0.15, 0.2) is 22.8 Å². The molecule has 1 aliphatic rings. The van der Waals surface area contributed by atoms with Crippen LogP contribution in [0.5, 0.6) is 0 Å². The van der Waals surface area contributed by atoms with Crippen LogP contribution in [-0.2, 0) is 4.79 Å². The molecule has 0 aliphatic heterocycles. The molecule has 4 nitrogen and oxygen atoms in total. The van der Waals surface area contributed by atoms with Crippen molar-refractivity contribution in [3.8, 4) is 0 Å². The van der Waals surface area contributed by atoms with E-state index in [2.05, 4.69) is 5.32 Å². The van der Waals surface area contributed by atoms with Crippen molar-refractivity contribution in [1.82, 2.24) is 5.32 Å². The van der Waals surface area contributed by atoms with Gasteiger partial charge >= 0.3 is 5.97 Å². The monoisotopic (exact) mass is 237 g/mol. The van der Waals surface area contributed by atoms with Gasteiger partial charge in [0.1, 0.15) is 5.76 Å². The molecule has 0 radical (unpaired) electrons. The molecule has 3 atom stereocenters. The number of carboxylic acids is 1. The first-order chi connectivity index (χ1) is 8.16. The molecule has 2 rings (SSSR count). The molecule has 2 N–H and O–H groups in total. The first-order valence-electron chi connectivity index (χ1n) is 6.19. The van der Waals surface area contributed by atoms with Crippen molar-refractivity contribution in [3.05, 3.63) is 24.2 Å². The summed E-state index contributed by atoms with van der Waals surface area (Å²) in [7, 11) is 0. The molecule has 4 heteroatoms. The van der Waals surface area contributed by atoms with Crippen molar-refractivity contribution in [2.45, 2.75) is 44.7 Å². The Kier molecular flexibility index (Phi) is 3.84. The Bertz CT molecular complexity index is 361. The van der Waals surface area contributed by atoms with Crippen LogP contribution in [0.3, 0.4) is 0 Å². The summed E-state index contributed by atoms with van der Waals surface area (Å²) in [5, 5.41) is 12.5. The smallest absolute Gasteiger partial charge is 0.306 e. The molecule has 0 bridgehead atoms. The summed E-state index contributed by atoms with van der Waals surface area (Å²) in [4.78, 5) is 11.0. The summed E-state index contributed by atoms with van der Waals surface area (Å²) in [5.74, 6) is 0.0506. The maximum absolute atomic E-state index is 11.0. The molecule has 1 aliphatic carbocycles. The van der Waals surface area contributed by atoms with Crippen LogP contribution in [0.2, 0.25) is 0 Å². The predicted octanol–water partition coefficient (Wildman–Crippen LogP) is 2.57. The van der Waals surface area contributed by atoms with Gasteiger partial charge in [0.25, 0.3) is 0 Å². The number of hydrogen-bond donors (Lipinski definition) is 2. The highest BCUT2D eigenvalue weighted by Crippen LogP contribution is 2.26. The Morgan fingerprint density at radius 3 is 3.06 bits per heavy atom. The molecule has 1 saturated carbocycles. The van der Waals surface area contributed by atoms with E-state index in [9.17, 15) is 4.79 Å². The molecule has 0 aromatic carbocycles. The van der Waals surface area contributed by atoms with Crippen LogP contribution in [0.25, 0.3) is 0 Å². The maximum Gasteiger partial charge on any atom is 0.306 e. The molecule has 17 heavy (non-hydrogen) atoms. The van der Waals surface area contributed by atoms with E-state index < -0.39 is 5.97 Å². The second kappa shape index (κ2) is 5.36. The van der Waals surface area contributed by atoms with Gasteiger partial charge in [-0.2, -0.15) is 0 Å². The maximum atomic E-state index is 11.0. The summed E-state index contributed by atoms with van der Waals surface area (Å²) in [5.41, 5.74) is 0. The average molecular weight is 237 g/mol. The third kappa shape index (κ3) is 3.09. The van der Waals surface area contributed by atoms with Crippen molar-refractivity contribution in [2.75, 3.05) is 0 Å². The molecule has 0 saturated heterocycles. The van der Waals surface area contributed by atoms with Crippen LogP contribution in [-0.4, -0.2) is 17.1 Å². The number of nitrogens with one attached hydrogen (secondary N) is 1. The topological polar surface area (TPSA) is 62.5 Å². The zero-order chi connectivity index (χ0) is 12.3. The van der Waals surface area contributed by atoms with Gasteiger partial charge in [-0.1, -0.05) is 6.42 Å². The first kappa shape index (κ1) is 12.2. The minimum atomic E-state index is -0.665. The lowest BCUT2D eigenvalue weighted by molar-refractivity contribution is -0.143. The number of aliphatic carboxylic acids is 1. The van der Waals surface area contributed by atoms with Gasteiger partial charge in [0.15, 0.2) is 0 Å². The zero-order valence-electron chi connectivity index (χ0n) is 10.1. The molecule has 1 fully saturated rings. The van der Waals surface area contributed by atoms with Crippen molar-refractivity contribution >= 4 is 5.97 Å². The van der Waals surface area contributed by atoms with Crippen LogP contribution in [0.4, 0.5) is 0 Å². The molecule has 1 aromatic heterocycles. The van der Waals surface area contributed by atoms with E-state index in [-0.39, 0.29) is 18.0 Å². The third-order valence-corrected chi connectivity index (χ3v) is 3.48. The van der Waals surface area contributed by atoms with Gasteiger partial charge in [0.05, 0.1) is 18.2 Å². The predicted molar refractivity (Wildman–Crippen MR) is 63.6 cm³/mol. The van der Waals surface area contributed by atoms with E-state index >= 15 is 0 Å². The normalized spacial score (nSPS) is 26.6. The number of furan rings is 1. The highest BCUT2D eigenvalue weighted by atomic mass is 16.4. The van der Waals surface area contributed by atoms with E-state index in [1.165, 1.54) is 0 Å². The van der Waals surface area contributed by atoms with E-state index in [0.717, 1.165) is 31.4 Å². The Hall–Kier alpha value is -1.29. The summed E-state index contributed by atoms with van der Waals surface area (Å²) >= 11 is 0. The van der Waals surface area contributed by atoms with Crippen LogP contribution in [0.1, 0.15) is 44.4 Å². The Morgan fingerprint density at radius 2 is 2.41 bits per heavy atom. The Balaban J connectivity index is 1.88. The van der Waals surface area contributed by atoms with Crippen molar-refractivity contribution in [1.29, 1.82) is 0 Å². The molecular formula is C13H19NO3. The molecule has 2 unspecified atom stereocenters. The largest absolute Gasteiger partial charge is 0.481 e.